The van der Waals surface area contributed by atoms with Gasteiger partial charge in [-0.15, -0.1) is 0 Å². The molecule has 0 aliphatic carbocycles. The number of imidazole rings is 1. The summed E-state index contributed by atoms with van der Waals surface area (Å²) in [6, 6.07) is 0.592. The Balaban J connectivity index is 2.13. The van der Waals surface area contributed by atoms with Gasteiger partial charge in [-0.1, -0.05) is 13.8 Å². The van der Waals surface area contributed by atoms with Crippen LogP contribution < -0.4 is 5.32 Å². The summed E-state index contributed by atoms with van der Waals surface area (Å²) in [4.78, 5) is 7.03. The average Bonchev–Trinajstić information content (AvgIpc) is 2.62. The van der Waals surface area contributed by atoms with E-state index in [1.54, 1.807) is 0 Å². The van der Waals surface area contributed by atoms with E-state index in [0.29, 0.717) is 12.0 Å². The zero-order valence-corrected chi connectivity index (χ0v) is 12.3. The fraction of sp³-hybridized carbons (Fsp3) is 0.786. The molecule has 18 heavy (non-hydrogen) atoms. The van der Waals surface area contributed by atoms with Crippen molar-refractivity contribution in [3.8, 4) is 0 Å². The zero-order valence-electron chi connectivity index (χ0n) is 12.3. The molecule has 1 N–H and O–H groups in total. The predicted molar refractivity (Wildman–Crippen MR) is 74.3 cm³/mol. The summed E-state index contributed by atoms with van der Waals surface area (Å²) >= 11 is 0. The maximum Gasteiger partial charge on any atom is 0.122 e. The van der Waals surface area contributed by atoms with Crippen LogP contribution in [0.1, 0.15) is 33.5 Å². The van der Waals surface area contributed by atoms with Crippen LogP contribution in [0.3, 0.4) is 0 Å². The van der Waals surface area contributed by atoms with Gasteiger partial charge in [-0.25, -0.2) is 4.98 Å². The Morgan fingerprint density at radius 2 is 2.22 bits per heavy atom. The molecule has 1 aliphatic heterocycles. The van der Waals surface area contributed by atoms with E-state index in [0.717, 1.165) is 25.5 Å². The quantitative estimate of drug-likeness (QED) is 0.885. The molecule has 1 fully saturated rings. The lowest BCUT2D eigenvalue weighted by Crippen LogP contribution is -2.62. The minimum absolute atomic E-state index is 0.191. The van der Waals surface area contributed by atoms with E-state index in [1.807, 2.05) is 12.4 Å². The summed E-state index contributed by atoms with van der Waals surface area (Å²) in [6.45, 7) is 12.2. The first-order chi connectivity index (χ1) is 8.39. The normalized spacial score (nSPS) is 24.7. The van der Waals surface area contributed by atoms with Crippen LogP contribution >= 0.6 is 0 Å². The lowest BCUT2D eigenvalue weighted by molar-refractivity contribution is 0.0598. The van der Waals surface area contributed by atoms with Crippen LogP contribution in [0.2, 0.25) is 0 Å². The third kappa shape index (κ3) is 2.93. The van der Waals surface area contributed by atoms with Gasteiger partial charge < -0.3 is 9.88 Å². The molecule has 4 heteroatoms. The van der Waals surface area contributed by atoms with Crippen LogP contribution in [0.4, 0.5) is 0 Å². The summed E-state index contributed by atoms with van der Waals surface area (Å²) in [5, 5.41) is 3.65. The molecular formula is C14H26N4. The Hall–Kier alpha value is -0.870. The minimum atomic E-state index is 0.191. The van der Waals surface area contributed by atoms with Crippen molar-refractivity contribution in [2.45, 2.75) is 45.8 Å². The number of nitrogens with one attached hydrogen (secondary N) is 1. The third-order valence-corrected chi connectivity index (χ3v) is 3.89. The van der Waals surface area contributed by atoms with Crippen LogP contribution in [0.15, 0.2) is 12.4 Å². The topological polar surface area (TPSA) is 33.1 Å². The van der Waals surface area contributed by atoms with Crippen molar-refractivity contribution < 1.29 is 0 Å². The fourth-order valence-electron chi connectivity index (χ4n) is 2.75. The van der Waals surface area contributed by atoms with E-state index in [4.69, 9.17) is 0 Å². The Morgan fingerprint density at radius 1 is 1.50 bits per heavy atom. The Morgan fingerprint density at radius 3 is 2.78 bits per heavy atom. The smallest absolute Gasteiger partial charge is 0.122 e. The molecule has 2 rings (SSSR count). The molecule has 0 amide bonds. The van der Waals surface area contributed by atoms with Crippen molar-refractivity contribution in [2.24, 2.45) is 13.0 Å². The van der Waals surface area contributed by atoms with E-state index in [2.05, 4.69) is 54.5 Å². The molecule has 0 saturated carbocycles. The standard InChI is InChI=1S/C14H26N4/c1-11(2)12-8-16-14(3,4)10-18(12)9-13-15-6-7-17(13)5/h6-7,11-12,16H,8-10H2,1-5H3. The molecule has 0 spiro atoms. The molecule has 1 saturated heterocycles. The van der Waals surface area contributed by atoms with Crippen LogP contribution in [-0.2, 0) is 13.6 Å². The molecule has 0 aromatic carbocycles. The molecule has 0 radical (unpaired) electrons. The maximum atomic E-state index is 4.45. The summed E-state index contributed by atoms with van der Waals surface area (Å²) in [7, 11) is 2.07. The Labute approximate surface area is 110 Å². The zero-order chi connectivity index (χ0) is 13.3. The van der Waals surface area contributed by atoms with Crippen molar-refractivity contribution in [2.75, 3.05) is 13.1 Å². The SMILES string of the molecule is CC(C)C1CNC(C)(C)CN1Cc1nccn1C. The van der Waals surface area contributed by atoms with Gasteiger partial charge in [0.1, 0.15) is 5.82 Å². The molecule has 2 heterocycles. The Kier molecular flexibility index (Phi) is 3.78. The molecule has 1 aliphatic rings. The lowest BCUT2D eigenvalue weighted by Gasteiger charge is -2.46. The van der Waals surface area contributed by atoms with Crippen LogP contribution in [0, 0.1) is 5.92 Å². The number of rotatable bonds is 3. The van der Waals surface area contributed by atoms with Crippen LogP contribution in [0.5, 0.6) is 0 Å². The monoisotopic (exact) mass is 250 g/mol. The highest BCUT2D eigenvalue weighted by molar-refractivity contribution is 4.98. The van der Waals surface area contributed by atoms with E-state index >= 15 is 0 Å². The van der Waals surface area contributed by atoms with Gasteiger partial charge in [-0.05, 0) is 19.8 Å². The first-order valence-corrected chi connectivity index (χ1v) is 6.84. The molecule has 4 nitrogen and oxygen atoms in total. The van der Waals surface area contributed by atoms with Crippen molar-refractivity contribution in [3.05, 3.63) is 18.2 Å². The van der Waals surface area contributed by atoms with Gasteiger partial charge in [0, 0.05) is 44.1 Å². The van der Waals surface area contributed by atoms with E-state index in [9.17, 15) is 0 Å². The number of aromatic nitrogens is 2. The van der Waals surface area contributed by atoms with Crippen molar-refractivity contribution >= 4 is 0 Å². The van der Waals surface area contributed by atoms with Crippen LogP contribution in [-0.4, -0.2) is 39.1 Å². The van der Waals surface area contributed by atoms with Crippen molar-refractivity contribution in [1.29, 1.82) is 0 Å². The van der Waals surface area contributed by atoms with Gasteiger partial charge in [-0.3, -0.25) is 4.90 Å². The summed E-state index contributed by atoms with van der Waals surface area (Å²) < 4.78 is 2.12. The van der Waals surface area contributed by atoms with E-state index < -0.39 is 0 Å². The molecule has 102 valence electrons. The second-order valence-electron chi connectivity index (χ2n) is 6.44. The molecule has 1 aromatic rings. The van der Waals surface area contributed by atoms with Gasteiger partial charge in [0.05, 0.1) is 6.54 Å². The number of aryl methyl sites for hydroxylation is 1. The Bertz CT molecular complexity index is 394. The summed E-state index contributed by atoms with van der Waals surface area (Å²) in [5.41, 5.74) is 0.191. The number of piperazine rings is 1. The molecule has 0 bridgehead atoms. The second-order valence-corrected chi connectivity index (χ2v) is 6.44. The van der Waals surface area contributed by atoms with Gasteiger partial charge in [0.15, 0.2) is 0 Å². The number of hydrogen-bond donors (Lipinski definition) is 1. The van der Waals surface area contributed by atoms with Crippen molar-refractivity contribution in [1.82, 2.24) is 19.8 Å². The highest BCUT2D eigenvalue weighted by atomic mass is 15.3. The fourth-order valence-corrected chi connectivity index (χ4v) is 2.75. The first-order valence-electron chi connectivity index (χ1n) is 6.84. The first kappa shape index (κ1) is 13.6. The molecule has 1 unspecified atom stereocenters. The minimum Gasteiger partial charge on any atom is -0.337 e. The second kappa shape index (κ2) is 5.02. The van der Waals surface area contributed by atoms with Gasteiger partial charge in [0.25, 0.3) is 0 Å². The lowest BCUT2D eigenvalue weighted by atomic mass is 9.93. The number of nitrogens with zero attached hydrogens (tertiary/aromatic N) is 3. The van der Waals surface area contributed by atoms with Gasteiger partial charge >= 0.3 is 0 Å². The summed E-state index contributed by atoms with van der Waals surface area (Å²) in [6.07, 6.45) is 3.90. The average molecular weight is 250 g/mol. The van der Waals surface area contributed by atoms with Gasteiger partial charge in [-0.2, -0.15) is 0 Å². The molecule has 1 aromatic heterocycles. The maximum absolute atomic E-state index is 4.45. The predicted octanol–water partition coefficient (Wildman–Crippen LogP) is 1.63. The van der Waals surface area contributed by atoms with Gasteiger partial charge in [0.2, 0.25) is 0 Å². The largest absolute Gasteiger partial charge is 0.337 e. The van der Waals surface area contributed by atoms with E-state index in [-0.39, 0.29) is 5.54 Å². The van der Waals surface area contributed by atoms with Crippen LogP contribution in [0.25, 0.3) is 0 Å². The molecular weight excluding hydrogens is 224 g/mol. The highest BCUT2D eigenvalue weighted by Gasteiger charge is 2.34. The van der Waals surface area contributed by atoms with Crippen molar-refractivity contribution in [3.63, 3.8) is 0 Å². The van der Waals surface area contributed by atoms with E-state index in [1.165, 1.54) is 0 Å². The third-order valence-electron chi connectivity index (χ3n) is 3.89. The highest BCUT2D eigenvalue weighted by Crippen LogP contribution is 2.21. The summed E-state index contributed by atoms with van der Waals surface area (Å²) in [5.74, 6) is 1.81. The molecule has 1 atom stereocenters. The number of hydrogen-bond acceptors (Lipinski definition) is 3.